The van der Waals surface area contributed by atoms with Gasteiger partial charge in [-0.25, -0.2) is 0 Å². The zero-order valence-corrected chi connectivity index (χ0v) is 10.7. The molecule has 1 atom stereocenters. The minimum atomic E-state index is 0.274. The number of benzene rings is 1. The molecule has 94 valence electrons. The van der Waals surface area contributed by atoms with Gasteiger partial charge in [0.05, 0.1) is 12.1 Å². The molecule has 0 bridgehead atoms. The van der Waals surface area contributed by atoms with Crippen LogP contribution >= 0.6 is 0 Å². The fourth-order valence-corrected chi connectivity index (χ4v) is 3.42. The molecule has 2 aliphatic heterocycles. The van der Waals surface area contributed by atoms with Gasteiger partial charge in [-0.1, -0.05) is 12.1 Å². The van der Waals surface area contributed by atoms with E-state index in [1.54, 1.807) is 0 Å². The van der Waals surface area contributed by atoms with Crippen molar-refractivity contribution in [1.29, 1.82) is 0 Å². The summed E-state index contributed by atoms with van der Waals surface area (Å²) in [6.07, 6.45) is 2.54. The highest BCUT2D eigenvalue weighted by atomic mass is 16.5. The van der Waals surface area contributed by atoms with Crippen molar-refractivity contribution >= 4 is 10.9 Å². The molecule has 1 aromatic carbocycles. The van der Waals surface area contributed by atoms with Crippen LogP contribution in [0, 0.1) is 0 Å². The van der Waals surface area contributed by atoms with Crippen LogP contribution in [0.25, 0.3) is 10.9 Å². The van der Waals surface area contributed by atoms with Crippen LogP contribution in [0.4, 0.5) is 0 Å². The Kier molecular flexibility index (Phi) is 2.18. The van der Waals surface area contributed by atoms with E-state index in [9.17, 15) is 0 Å². The zero-order chi connectivity index (χ0) is 12.1. The van der Waals surface area contributed by atoms with Crippen LogP contribution in [-0.2, 0) is 19.4 Å². The van der Waals surface area contributed by atoms with Crippen LogP contribution in [-0.4, -0.2) is 23.8 Å². The van der Waals surface area contributed by atoms with Gasteiger partial charge in [0.1, 0.15) is 11.9 Å². The number of nitrogens with one attached hydrogen (secondary N) is 1. The molecular formula is C15H18N2O. The Hall–Kier alpha value is -1.48. The summed E-state index contributed by atoms with van der Waals surface area (Å²) in [7, 11) is 0. The first-order chi connectivity index (χ1) is 8.84. The molecule has 1 N–H and O–H groups in total. The molecule has 18 heavy (non-hydrogen) atoms. The molecule has 3 heterocycles. The smallest absolute Gasteiger partial charge is 0.144 e. The monoisotopic (exact) mass is 242 g/mol. The summed E-state index contributed by atoms with van der Waals surface area (Å²) in [6.45, 7) is 5.33. The first-order valence-electron chi connectivity index (χ1n) is 6.85. The van der Waals surface area contributed by atoms with E-state index in [1.165, 1.54) is 22.2 Å². The number of aromatic nitrogens is 1. The van der Waals surface area contributed by atoms with Gasteiger partial charge in [-0.05, 0) is 31.5 Å². The first kappa shape index (κ1) is 10.4. The van der Waals surface area contributed by atoms with E-state index in [0.717, 1.165) is 38.2 Å². The van der Waals surface area contributed by atoms with Crippen molar-refractivity contribution in [2.45, 2.75) is 32.4 Å². The number of ether oxygens (including phenoxy) is 1. The number of fused-ring (bicyclic) bond motifs is 3. The Morgan fingerprint density at radius 3 is 3.11 bits per heavy atom. The molecule has 0 saturated carbocycles. The van der Waals surface area contributed by atoms with Gasteiger partial charge >= 0.3 is 0 Å². The average Bonchev–Trinajstić information content (AvgIpc) is 2.55. The van der Waals surface area contributed by atoms with Gasteiger partial charge in [0.25, 0.3) is 0 Å². The van der Waals surface area contributed by atoms with Gasteiger partial charge in [-0.15, -0.1) is 0 Å². The topological polar surface area (TPSA) is 26.2 Å². The lowest BCUT2D eigenvalue weighted by atomic mass is 10.1. The SMILES string of the molecule is CC1Cn2c3c(c4cccc(c42)O1)CCNCC3. The summed E-state index contributed by atoms with van der Waals surface area (Å²) < 4.78 is 8.48. The molecule has 2 aromatic rings. The van der Waals surface area contributed by atoms with Crippen molar-refractivity contribution in [1.82, 2.24) is 9.88 Å². The van der Waals surface area contributed by atoms with Crippen molar-refractivity contribution in [2.24, 2.45) is 0 Å². The van der Waals surface area contributed by atoms with Gasteiger partial charge in [0.15, 0.2) is 0 Å². The number of hydrogen-bond donors (Lipinski definition) is 1. The summed E-state index contributed by atoms with van der Waals surface area (Å²) in [5, 5.41) is 4.90. The van der Waals surface area contributed by atoms with E-state index in [1.807, 2.05) is 0 Å². The molecule has 4 rings (SSSR count). The Morgan fingerprint density at radius 1 is 1.28 bits per heavy atom. The predicted molar refractivity (Wildman–Crippen MR) is 72.3 cm³/mol. The standard InChI is InChI=1S/C15H18N2O/c1-10-9-17-13-6-8-16-7-5-11(13)12-3-2-4-14(18-10)15(12)17/h2-4,10,16H,5-9H2,1H3. The molecule has 0 saturated heterocycles. The van der Waals surface area contributed by atoms with Crippen molar-refractivity contribution in [3.8, 4) is 5.75 Å². The van der Waals surface area contributed by atoms with Crippen LogP contribution in [0.1, 0.15) is 18.2 Å². The van der Waals surface area contributed by atoms with Crippen molar-refractivity contribution in [3.05, 3.63) is 29.5 Å². The first-order valence-corrected chi connectivity index (χ1v) is 6.85. The average molecular weight is 242 g/mol. The third-order valence-electron chi connectivity index (χ3n) is 4.13. The predicted octanol–water partition coefficient (Wildman–Crippen LogP) is 2.11. The highest BCUT2D eigenvalue weighted by molar-refractivity contribution is 5.91. The molecule has 0 fully saturated rings. The summed E-state index contributed by atoms with van der Waals surface area (Å²) >= 11 is 0. The third-order valence-corrected chi connectivity index (χ3v) is 4.13. The van der Waals surface area contributed by atoms with E-state index in [-0.39, 0.29) is 6.10 Å². The lowest BCUT2D eigenvalue weighted by Gasteiger charge is -2.24. The Balaban J connectivity index is 2.06. The second kappa shape index (κ2) is 3.75. The van der Waals surface area contributed by atoms with E-state index in [0.29, 0.717) is 0 Å². The molecule has 1 unspecified atom stereocenters. The number of para-hydroxylation sites is 1. The molecule has 0 aliphatic carbocycles. The third kappa shape index (κ3) is 1.34. The second-order valence-corrected chi connectivity index (χ2v) is 5.37. The van der Waals surface area contributed by atoms with Gasteiger partial charge in [0.2, 0.25) is 0 Å². The van der Waals surface area contributed by atoms with Crippen molar-refractivity contribution in [2.75, 3.05) is 13.1 Å². The second-order valence-electron chi connectivity index (χ2n) is 5.37. The summed E-state index contributed by atoms with van der Waals surface area (Å²) in [5.74, 6) is 1.06. The summed E-state index contributed by atoms with van der Waals surface area (Å²) in [4.78, 5) is 0. The van der Waals surface area contributed by atoms with Gasteiger partial charge < -0.3 is 14.6 Å². The van der Waals surface area contributed by atoms with E-state index < -0.39 is 0 Å². The highest BCUT2D eigenvalue weighted by Gasteiger charge is 2.25. The highest BCUT2D eigenvalue weighted by Crippen LogP contribution is 2.37. The largest absolute Gasteiger partial charge is 0.487 e. The van der Waals surface area contributed by atoms with Crippen LogP contribution in [0.3, 0.4) is 0 Å². The maximum absolute atomic E-state index is 5.98. The molecule has 0 amide bonds. The number of rotatable bonds is 0. The van der Waals surface area contributed by atoms with E-state index >= 15 is 0 Å². The van der Waals surface area contributed by atoms with Gasteiger partial charge in [-0.2, -0.15) is 0 Å². The lowest BCUT2D eigenvalue weighted by molar-refractivity contribution is 0.188. The van der Waals surface area contributed by atoms with Crippen molar-refractivity contribution in [3.63, 3.8) is 0 Å². The zero-order valence-electron chi connectivity index (χ0n) is 10.7. The normalized spacial score (nSPS) is 22.4. The minimum absolute atomic E-state index is 0.274. The molecule has 0 spiro atoms. The molecular weight excluding hydrogens is 224 g/mol. The van der Waals surface area contributed by atoms with Crippen LogP contribution < -0.4 is 10.1 Å². The molecule has 0 radical (unpaired) electrons. The summed E-state index contributed by atoms with van der Waals surface area (Å²) in [5.41, 5.74) is 4.38. The van der Waals surface area contributed by atoms with Crippen LogP contribution in [0.5, 0.6) is 5.75 Å². The van der Waals surface area contributed by atoms with Crippen LogP contribution in [0.15, 0.2) is 18.2 Å². The van der Waals surface area contributed by atoms with E-state index in [4.69, 9.17) is 4.74 Å². The van der Waals surface area contributed by atoms with E-state index in [2.05, 4.69) is 35.0 Å². The molecule has 2 aliphatic rings. The Bertz CT molecular complexity index is 614. The minimum Gasteiger partial charge on any atom is -0.487 e. The summed E-state index contributed by atoms with van der Waals surface area (Å²) in [6, 6.07) is 6.48. The maximum Gasteiger partial charge on any atom is 0.144 e. The molecule has 3 nitrogen and oxygen atoms in total. The quantitative estimate of drug-likeness (QED) is 0.765. The number of hydrogen-bond acceptors (Lipinski definition) is 2. The fourth-order valence-electron chi connectivity index (χ4n) is 3.42. The van der Waals surface area contributed by atoms with Crippen molar-refractivity contribution < 1.29 is 4.74 Å². The molecule has 3 heteroatoms. The Labute approximate surface area is 107 Å². The molecule has 1 aromatic heterocycles. The maximum atomic E-state index is 5.98. The van der Waals surface area contributed by atoms with Crippen LogP contribution in [0.2, 0.25) is 0 Å². The van der Waals surface area contributed by atoms with Gasteiger partial charge in [-0.3, -0.25) is 0 Å². The van der Waals surface area contributed by atoms with Gasteiger partial charge in [0, 0.05) is 24.0 Å². The lowest BCUT2D eigenvalue weighted by Crippen LogP contribution is -2.25. The fraction of sp³-hybridized carbons (Fsp3) is 0.467. The Morgan fingerprint density at radius 2 is 2.17 bits per heavy atom. The number of nitrogens with zero attached hydrogens (tertiary/aromatic N) is 1.